The van der Waals surface area contributed by atoms with Gasteiger partial charge < -0.3 is 19.9 Å². The molecule has 2 aliphatic heterocycles. The quantitative estimate of drug-likeness (QED) is 0.756. The lowest BCUT2D eigenvalue weighted by atomic mass is 9.98. The lowest BCUT2D eigenvalue weighted by Gasteiger charge is -2.39. The number of rotatable bonds is 6. The van der Waals surface area contributed by atoms with E-state index in [0.717, 1.165) is 49.5 Å². The van der Waals surface area contributed by atoms with Crippen molar-refractivity contribution in [2.24, 2.45) is 17.8 Å². The fourth-order valence-electron chi connectivity index (χ4n) is 4.54. The third-order valence-electron chi connectivity index (χ3n) is 6.87. The monoisotopic (exact) mass is 434 g/mol. The number of amides is 2. The molecule has 1 saturated carbocycles. The second-order valence-corrected chi connectivity index (χ2v) is 9.29. The molecule has 3 heterocycles. The molecule has 1 aliphatic carbocycles. The fourth-order valence-corrected chi connectivity index (χ4v) is 4.54. The Morgan fingerprint density at radius 3 is 2.44 bits per heavy atom. The van der Waals surface area contributed by atoms with Crippen molar-refractivity contribution >= 4 is 23.2 Å². The molecule has 32 heavy (non-hydrogen) atoms. The summed E-state index contributed by atoms with van der Waals surface area (Å²) in [5.74, 6) is 1.97. The topological polar surface area (TPSA) is 74.8 Å². The smallest absolute Gasteiger partial charge is 0.231 e. The number of anilines is 2. The number of ether oxygens (including phenoxy) is 1. The van der Waals surface area contributed by atoms with E-state index < -0.39 is 0 Å². The van der Waals surface area contributed by atoms with Crippen LogP contribution in [0.15, 0.2) is 48.8 Å². The van der Waals surface area contributed by atoms with Crippen LogP contribution in [0.2, 0.25) is 0 Å². The Kier molecular flexibility index (Phi) is 5.72. The first-order valence-electron chi connectivity index (χ1n) is 11.6. The van der Waals surface area contributed by atoms with Gasteiger partial charge in [0.2, 0.25) is 11.8 Å². The summed E-state index contributed by atoms with van der Waals surface area (Å²) in [4.78, 5) is 33.2. The summed E-state index contributed by atoms with van der Waals surface area (Å²) in [6, 6.07) is 11.5. The Morgan fingerprint density at radius 1 is 1.09 bits per heavy atom. The van der Waals surface area contributed by atoms with Gasteiger partial charge in [0.1, 0.15) is 11.9 Å². The van der Waals surface area contributed by atoms with E-state index in [0.29, 0.717) is 24.9 Å². The number of carbonyl (C=O) groups excluding carboxylic acids is 2. The molecule has 2 aromatic rings. The predicted octanol–water partition coefficient (Wildman–Crippen LogP) is 3.18. The minimum atomic E-state index is -0.0161. The highest BCUT2D eigenvalue weighted by Crippen LogP contribution is 2.39. The zero-order chi connectivity index (χ0) is 22.1. The summed E-state index contributed by atoms with van der Waals surface area (Å²) in [7, 11) is 0. The van der Waals surface area contributed by atoms with E-state index in [1.807, 2.05) is 47.5 Å². The van der Waals surface area contributed by atoms with Gasteiger partial charge in [-0.25, -0.2) is 0 Å². The standard InChI is InChI=1S/C25H30N4O3/c1-17-13-23(17)25(31)28-11-8-22(9-12-28)32-21-6-4-19(5-7-21)27-24(30)18-15-29(16-18)20-3-2-10-26-14-20/h2-7,10,14,17-18,22-23H,8-9,11-13,15-16H2,1H3,(H,27,30). The van der Waals surface area contributed by atoms with E-state index in [2.05, 4.69) is 22.1 Å². The number of carbonyl (C=O) groups is 2. The molecule has 2 amide bonds. The highest BCUT2D eigenvalue weighted by Gasteiger charge is 2.42. The molecule has 168 valence electrons. The third-order valence-corrected chi connectivity index (χ3v) is 6.87. The molecule has 2 atom stereocenters. The molecule has 3 aliphatic rings. The van der Waals surface area contributed by atoms with Crippen LogP contribution in [0.4, 0.5) is 11.4 Å². The van der Waals surface area contributed by atoms with Crippen molar-refractivity contribution in [3.63, 3.8) is 0 Å². The zero-order valence-electron chi connectivity index (χ0n) is 18.4. The second-order valence-electron chi connectivity index (χ2n) is 9.29. The number of nitrogens with one attached hydrogen (secondary N) is 1. The Labute approximate surface area is 188 Å². The van der Waals surface area contributed by atoms with Crippen LogP contribution >= 0.6 is 0 Å². The summed E-state index contributed by atoms with van der Waals surface area (Å²) >= 11 is 0. The lowest BCUT2D eigenvalue weighted by Crippen LogP contribution is -2.52. The highest BCUT2D eigenvalue weighted by molar-refractivity contribution is 5.94. The maximum Gasteiger partial charge on any atom is 0.231 e. The molecular formula is C25H30N4O3. The van der Waals surface area contributed by atoms with Crippen LogP contribution in [-0.2, 0) is 9.59 Å². The number of benzene rings is 1. The predicted molar refractivity (Wildman–Crippen MR) is 123 cm³/mol. The first-order valence-corrected chi connectivity index (χ1v) is 11.6. The SMILES string of the molecule is CC1CC1C(=O)N1CCC(Oc2ccc(NC(=O)C3CN(c4cccnc4)C3)cc2)CC1. The van der Waals surface area contributed by atoms with Gasteiger partial charge in [0, 0.05) is 56.8 Å². The first kappa shape index (κ1) is 20.8. The number of piperidine rings is 1. The average molecular weight is 435 g/mol. The number of nitrogens with zero attached hydrogens (tertiary/aromatic N) is 3. The second kappa shape index (κ2) is 8.81. The van der Waals surface area contributed by atoms with Crippen molar-refractivity contribution < 1.29 is 14.3 Å². The van der Waals surface area contributed by atoms with Gasteiger partial charge >= 0.3 is 0 Å². The van der Waals surface area contributed by atoms with Gasteiger partial charge in [-0.3, -0.25) is 14.6 Å². The summed E-state index contributed by atoms with van der Waals surface area (Å²) in [5.41, 5.74) is 1.83. The van der Waals surface area contributed by atoms with E-state index in [1.54, 1.807) is 6.20 Å². The lowest BCUT2D eigenvalue weighted by molar-refractivity contribution is -0.134. The molecule has 2 unspecified atom stereocenters. The fraction of sp³-hybridized carbons (Fsp3) is 0.480. The molecule has 1 aromatic heterocycles. The molecule has 0 radical (unpaired) electrons. The summed E-state index contributed by atoms with van der Waals surface area (Å²) in [6.45, 7) is 5.11. The Bertz CT molecular complexity index is 951. The molecule has 0 spiro atoms. The van der Waals surface area contributed by atoms with E-state index in [1.165, 1.54) is 0 Å². The van der Waals surface area contributed by atoms with Gasteiger partial charge in [-0.2, -0.15) is 0 Å². The molecule has 1 aromatic carbocycles. The van der Waals surface area contributed by atoms with Crippen LogP contribution in [0.5, 0.6) is 5.75 Å². The van der Waals surface area contributed by atoms with Gasteiger partial charge in [0.25, 0.3) is 0 Å². The van der Waals surface area contributed by atoms with Crippen LogP contribution in [0, 0.1) is 17.8 Å². The molecule has 3 fully saturated rings. The largest absolute Gasteiger partial charge is 0.490 e. The molecule has 5 rings (SSSR count). The van der Waals surface area contributed by atoms with Crippen molar-refractivity contribution in [2.45, 2.75) is 32.3 Å². The summed E-state index contributed by atoms with van der Waals surface area (Å²) in [5, 5.41) is 3.00. The number of aromatic nitrogens is 1. The summed E-state index contributed by atoms with van der Waals surface area (Å²) in [6.07, 6.45) is 6.47. The van der Waals surface area contributed by atoms with Crippen molar-refractivity contribution in [3.8, 4) is 5.75 Å². The molecule has 1 N–H and O–H groups in total. The molecular weight excluding hydrogens is 404 g/mol. The van der Waals surface area contributed by atoms with Crippen LogP contribution in [0.3, 0.4) is 0 Å². The van der Waals surface area contributed by atoms with Crippen molar-refractivity contribution in [2.75, 3.05) is 36.4 Å². The van der Waals surface area contributed by atoms with Crippen molar-refractivity contribution in [3.05, 3.63) is 48.8 Å². The normalized spacial score (nSPS) is 23.4. The maximum absolute atomic E-state index is 12.5. The van der Waals surface area contributed by atoms with E-state index in [4.69, 9.17) is 4.74 Å². The van der Waals surface area contributed by atoms with Crippen LogP contribution in [0.1, 0.15) is 26.2 Å². The average Bonchev–Trinajstić information content (AvgIpc) is 3.51. The van der Waals surface area contributed by atoms with E-state index in [-0.39, 0.29) is 23.8 Å². The molecule has 0 bridgehead atoms. The number of hydrogen-bond acceptors (Lipinski definition) is 5. The Morgan fingerprint density at radius 2 is 1.81 bits per heavy atom. The third kappa shape index (κ3) is 4.56. The Hall–Kier alpha value is -3.09. The van der Waals surface area contributed by atoms with Gasteiger partial charge in [-0.1, -0.05) is 6.92 Å². The van der Waals surface area contributed by atoms with Crippen molar-refractivity contribution in [1.29, 1.82) is 0 Å². The van der Waals surface area contributed by atoms with E-state index >= 15 is 0 Å². The van der Waals surface area contributed by atoms with Crippen molar-refractivity contribution in [1.82, 2.24) is 9.88 Å². The summed E-state index contributed by atoms with van der Waals surface area (Å²) < 4.78 is 6.12. The number of pyridine rings is 1. The minimum Gasteiger partial charge on any atom is -0.490 e. The molecule has 2 saturated heterocycles. The Balaban J connectivity index is 1.05. The minimum absolute atomic E-state index is 0.0161. The van der Waals surface area contributed by atoms with Crippen LogP contribution in [-0.4, -0.2) is 54.0 Å². The number of hydrogen-bond donors (Lipinski definition) is 1. The van der Waals surface area contributed by atoms with E-state index in [9.17, 15) is 9.59 Å². The van der Waals surface area contributed by atoms with Gasteiger partial charge in [0.15, 0.2) is 0 Å². The zero-order valence-corrected chi connectivity index (χ0v) is 18.4. The number of likely N-dealkylation sites (tertiary alicyclic amines) is 1. The maximum atomic E-state index is 12.5. The van der Waals surface area contributed by atoms with Crippen LogP contribution in [0.25, 0.3) is 0 Å². The van der Waals surface area contributed by atoms with Crippen LogP contribution < -0.4 is 15.0 Å². The highest BCUT2D eigenvalue weighted by atomic mass is 16.5. The molecule has 7 nitrogen and oxygen atoms in total. The first-order chi connectivity index (χ1) is 15.6. The van der Waals surface area contributed by atoms with Gasteiger partial charge in [-0.05, 0) is 48.7 Å². The van der Waals surface area contributed by atoms with Gasteiger partial charge in [-0.15, -0.1) is 0 Å². The molecule has 7 heteroatoms. The van der Waals surface area contributed by atoms with Gasteiger partial charge in [0.05, 0.1) is 17.8 Å².